The zero-order chi connectivity index (χ0) is 17.2. The molecule has 0 saturated carbocycles. The maximum atomic E-state index is 2.58. The van der Waals surface area contributed by atoms with Crippen LogP contribution in [-0.4, -0.2) is 6.54 Å². The van der Waals surface area contributed by atoms with E-state index >= 15 is 0 Å². The molecular weight excluding hydrogens is 290 g/mol. The molecule has 0 N–H and O–H groups in total. The second kappa shape index (κ2) is 7.01. The first kappa shape index (κ1) is 17.1. The van der Waals surface area contributed by atoms with Gasteiger partial charge in [-0.3, -0.25) is 0 Å². The second-order valence-corrected chi connectivity index (χ2v) is 7.69. The van der Waals surface area contributed by atoms with Crippen molar-refractivity contribution in [2.24, 2.45) is 5.92 Å². The van der Waals surface area contributed by atoms with Gasteiger partial charge in [-0.15, -0.1) is 0 Å². The second-order valence-electron chi connectivity index (χ2n) is 7.69. The fraction of sp³-hybridized carbons (Fsp3) is 0.478. The van der Waals surface area contributed by atoms with E-state index in [-0.39, 0.29) is 5.41 Å². The quantitative estimate of drug-likeness (QED) is 0.573. The fourth-order valence-electron chi connectivity index (χ4n) is 4.12. The molecule has 0 radical (unpaired) electrons. The standard InChI is InChI=1S/C23H31N/c1-5-7-12-18(6-2)17-24-21-15-10-8-13-19(21)23(3,4)20-14-9-11-16-22(20)24/h8-11,13-16,18H,5-7,12,17H2,1-4H3. The number of rotatable bonds is 6. The first-order valence-electron chi connectivity index (χ1n) is 9.56. The van der Waals surface area contributed by atoms with Crippen LogP contribution in [-0.2, 0) is 5.41 Å². The molecule has 1 aliphatic rings. The van der Waals surface area contributed by atoms with Gasteiger partial charge in [0, 0.05) is 23.3 Å². The van der Waals surface area contributed by atoms with Crippen LogP contribution in [0.4, 0.5) is 11.4 Å². The minimum absolute atomic E-state index is 0.0643. The lowest BCUT2D eigenvalue weighted by Gasteiger charge is -2.43. The molecule has 0 amide bonds. The van der Waals surface area contributed by atoms with Crippen LogP contribution in [0, 0.1) is 5.92 Å². The Morgan fingerprint density at radius 2 is 1.42 bits per heavy atom. The summed E-state index contributed by atoms with van der Waals surface area (Å²) in [7, 11) is 0. The van der Waals surface area contributed by atoms with Gasteiger partial charge in [0.05, 0.1) is 0 Å². The number of para-hydroxylation sites is 2. The van der Waals surface area contributed by atoms with Crippen LogP contribution in [0.2, 0.25) is 0 Å². The van der Waals surface area contributed by atoms with E-state index < -0.39 is 0 Å². The molecule has 2 aromatic rings. The smallest absolute Gasteiger partial charge is 0.0452 e. The summed E-state index contributed by atoms with van der Waals surface area (Å²) in [6.07, 6.45) is 5.21. The molecule has 0 bridgehead atoms. The van der Waals surface area contributed by atoms with Crippen molar-refractivity contribution in [2.75, 3.05) is 11.4 Å². The molecule has 0 saturated heterocycles. The molecule has 3 rings (SSSR count). The summed E-state index contributed by atoms with van der Waals surface area (Å²) in [6.45, 7) is 10.5. The Kier molecular flexibility index (Phi) is 4.99. The molecule has 24 heavy (non-hydrogen) atoms. The summed E-state index contributed by atoms with van der Waals surface area (Å²) in [6, 6.07) is 18.0. The fourth-order valence-corrected chi connectivity index (χ4v) is 4.12. The highest BCUT2D eigenvalue weighted by atomic mass is 15.2. The third-order valence-electron chi connectivity index (χ3n) is 5.72. The van der Waals surface area contributed by atoms with Crippen molar-refractivity contribution in [1.82, 2.24) is 0 Å². The number of nitrogens with zero attached hydrogens (tertiary/aromatic N) is 1. The van der Waals surface area contributed by atoms with E-state index in [0.717, 1.165) is 12.5 Å². The zero-order valence-corrected chi connectivity index (χ0v) is 15.7. The Labute approximate surface area is 147 Å². The van der Waals surface area contributed by atoms with Crippen molar-refractivity contribution in [2.45, 2.75) is 58.8 Å². The SMILES string of the molecule is CCCCC(CC)CN1c2ccccc2C(C)(C)c2ccccc21. The predicted octanol–water partition coefficient (Wildman–Crippen LogP) is 6.68. The topological polar surface area (TPSA) is 3.24 Å². The van der Waals surface area contributed by atoms with Gasteiger partial charge in [0.15, 0.2) is 0 Å². The number of fused-ring (bicyclic) bond motifs is 2. The predicted molar refractivity (Wildman–Crippen MR) is 105 cm³/mol. The Hall–Kier alpha value is -1.76. The van der Waals surface area contributed by atoms with Gasteiger partial charge in [0.2, 0.25) is 0 Å². The lowest BCUT2D eigenvalue weighted by molar-refractivity contribution is 0.455. The molecule has 0 aromatic heterocycles. The summed E-state index contributed by atoms with van der Waals surface area (Å²) in [5.41, 5.74) is 5.77. The highest BCUT2D eigenvalue weighted by Crippen LogP contribution is 2.48. The summed E-state index contributed by atoms with van der Waals surface area (Å²) in [5, 5.41) is 0. The van der Waals surface area contributed by atoms with Crippen molar-refractivity contribution < 1.29 is 0 Å². The van der Waals surface area contributed by atoms with E-state index in [0.29, 0.717) is 0 Å². The van der Waals surface area contributed by atoms with Gasteiger partial charge in [0.25, 0.3) is 0 Å². The molecule has 0 aliphatic carbocycles. The van der Waals surface area contributed by atoms with Gasteiger partial charge in [-0.1, -0.05) is 83.4 Å². The number of hydrogen-bond donors (Lipinski definition) is 0. The third-order valence-corrected chi connectivity index (χ3v) is 5.72. The van der Waals surface area contributed by atoms with Gasteiger partial charge >= 0.3 is 0 Å². The van der Waals surface area contributed by atoms with Crippen LogP contribution in [0.25, 0.3) is 0 Å². The molecule has 1 aliphatic heterocycles. The highest BCUT2D eigenvalue weighted by molar-refractivity contribution is 5.77. The molecule has 1 unspecified atom stereocenters. The van der Waals surface area contributed by atoms with E-state index in [2.05, 4.69) is 81.1 Å². The van der Waals surface area contributed by atoms with Gasteiger partial charge in [-0.25, -0.2) is 0 Å². The van der Waals surface area contributed by atoms with E-state index in [1.165, 1.54) is 48.2 Å². The van der Waals surface area contributed by atoms with Crippen molar-refractivity contribution in [3.8, 4) is 0 Å². The van der Waals surface area contributed by atoms with Crippen LogP contribution in [0.5, 0.6) is 0 Å². The average molecular weight is 322 g/mol. The molecule has 2 aromatic carbocycles. The highest BCUT2D eigenvalue weighted by Gasteiger charge is 2.36. The first-order valence-corrected chi connectivity index (χ1v) is 9.56. The summed E-state index contributed by atoms with van der Waals surface area (Å²) in [4.78, 5) is 2.58. The molecule has 1 heterocycles. The third kappa shape index (κ3) is 2.97. The van der Waals surface area contributed by atoms with Crippen molar-refractivity contribution >= 4 is 11.4 Å². The Morgan fingerprint density at radius 3 is 1.92 bits per heavy atom. The molecular formula is C23H31N. The minimum atomic E-state index is 0.0643. The molecule has 1 nitrogen and oxygen atoms in total. The Morgan fingerprint density at radius 1 is 0.875 bits per heavy atom. The van der Waals surface area contributed by atoms with Crippen molar-refractivity contribution in [3.05, 3.63) is 59.7 Å². The number of anilines is 2. The molecule has 1 atom stereocenters. The van der Waals surface area contributed by atoms with E-state index in [9.17, 15) is 0 Å². The molecule has 128 valence electrons. The molecule has 0 fully saturated rings. The van der Waals surface area contributed by atoms with Crippen LogP contribution >= 0.6 is 0 Å². The maximum absolute atomic E-state index is 2.58. The zero-order valence-electron chi connectivity index (χ0n) is 15.7. The lowest BCUT2D eigenvalue weighted by atomic mass is 9.73. The van der Waals surface area contributed by atoms with E-state index in [1.807, 2.05) is 0 Å². The van der Waals surface area contributed by atoms with Gasteiger partial charge < -0.3 is 4.90 Å². The lowest BCUT2D eigenvalue weighted by Crippen LogP contribution is -2.35. The Bertz CT molecular complexity index is 636. The van der Waals surface area contributed by atoms with Gasteiger partial charge in [-0.05, 0) is 35.6 Å². The van der Waals surface area contributed by atoms with Crippen LogP contribution in [0.3, 0.4) is 0 Å². The van der Waals surface area contributed by atoms with Crippen molar-refractivity contribution in [3.63, 3.8) is 0 Å². The monoisotopic (exact) mass is 321 g/mol. The number of benzene rings is 2. The van der Waals surface area contributed by atoms with Crippen LogP contribution in [0.15, 0.2) is 48.5 Å². The van der Waals surface area contributed by atoms with Gasteiger partial charge in [-0.2, -0.15) is 0 Å². The maximum Gasteiger partial charge on any atom is 0.0452 e. The Balaban J connectivity index is 2.04. The van der Waals surface area contributed by atoms with Gasteiger partial charge in [0.1, 0.15) is 0 Å². The average Bonchev–Trinajstić information content (AvgIpc) is 2.61. The summed E-state index contributed by atoms with van der Waals surface area (Å²) >= 11 is 0. The minimum Gasteiger partial charge on any atom is -0.341 e. The number of unbranched alkanes of at least 4 members (excludes halogenated alkanes) is 1. The van der Waals surface area contributed by atoms with E-state index in [1.54, 1.807) is 0 Å². The molecule has 0 spiro atoms. The van der Waals surface area contributed by atoms with Crippen molar-refractivity contribution in [1.29, 1.82) is 0 Å². The normalized spacial score (nSPS) is 16.4. The summed E-state index contributed by atoms with van der Waals surface area (Å²) in [5.74, 6) is 0.757. The first-order chi connectivity index (χ1) is 11.6. The van der Waals surface area contributed by atoms with Crippen LogP contribution in [0.1, 0.15) is 64.5 Å². The van der Waals surface area contributed by atoms with Crippen LogP contribution < -0.4 is 4.90 Å². The van der Waals surface area contributed by atoms with E-state index in [4.69, 9.17) is 0 Å². The molecule has 1 heteroatoms. The number of hydrogen-bond acceptors (Lipinski definition) is 1. The largest absolute Gasteiger partial charge is 0.341 e. The summed E-state index contributed by atoms with van der Waals surface area (Å²) < 4.78 is 0.